The number of ketones is 1. The number of carbonyl (C=O) groups excluding carboxylic acids is 2. The molecule has 3 atom stereocenters. The van der Waals surface area contributed by atoms with E-state index < -0.39 is 28.6 Å². The molecule has 2 aromatic rings. The van der Waals surface area contributed by atoms with Crippen molar-refractivity contribution in [1.29, 1.82) is 0 Å². The van der Waals surface area contributed by atoms with Gasteiger partial charge < -0.3 is 24.7 Å². The summed E-state index contributed by atoms with van der Waals surface area (Å²) in [5, 5.41) is 19.6. The van der Waals surface area contributed by atoms with Crippen LogP contribution in [0.15, 0.2) is 60.7 Å². The fraction of sp³-hybridized carbons (Fsp3) is 0.531. The first-order chi connectivity index (χ1) is 18.7. The second-order valence-corrected chi connectivity index (χ2v) is 12.5. The molecule has 8 heteroatoms. The summed E-state index contributed by atoms with van der Waals surface area (Å²) in [6.45, 7) is 11.5. The number of aliphatic hydroxyl groups excluding tert-OH is 1. The van der Waals surface area contributed by atoms with E-state index in [0.717, 1.165) is 31.2 Å². The summed E-state index contributed by atoms with van der Waals surface area (Å²) in [6, 6.07) is 18.7. The van der Waals surface area contributed by atoms with Crippen molar-refractivity contribution in [3.8, 4) is 0 Å². The molecule has 8 nitrogen and oxygen atoms in total. The van der Waals surface area contributed by atoms with Crippen LogP contribution in [0.2, 0.25) is 0 Å². The van der Waals surface area contributed by atoms with Gasteiger partial charge in [-0.25, -0.2) is 9.59 Å². The van der Waals surface area contributed by atoms with Crippen LogP contribution >= 0.6 is 0 Å². The number of likely N-dealkylation sites (tertiary alicyclic amines) is 2. The molecule has 40 heavy (non-hydrogen) atoms. The molecule has 0 bridgehead atoms. The number of benzene rings is 2. The van der Waals surface area contributed by atoms with Gasteiger partial charge in [-0.3, -0.25) is 4.79 Å². The van der Waals surface area contributed by atoms with Gasteiger partial charge in [-0.2, -0.15) is 0 Å². The summed E-state index contributed by atoms with van der Waals surface area (Å²) in [5.41, 5.74) is 0.0892. The molecule has 0 saturated carbocycles. The summed E-state index contributed by atoms with van der Waals surface area (Å²) < 4.78 is 5.43. The molecule has 3 unspecified atom stereocenters. The first kappa shape index (κ1) is 31.1. The molecule has 2 N–H and O–H groups in total. The van der Waals surface area contributed by atoms with Crippen molar-refractivity contribution in [2.24, 2.45) is 10.8 Å². The minimum absolute atomic E-state index is 0.0985. The Balaban J connectivity index is 0.000000225. The third-order valence-electron chi connectivity index (χ3n) is 7.71. The molecule has 2 saturated heterocycles. The topological polar surface area (TPSA) is 107 Å². The van der Waals surface area contributed by atoms with Crippen LogP contribution in [0.4, 0.5) is 9.59 Å². The Morgan fingerprint density at radius 3 is 1.98 bits per heavy atom. The first-order valence-electron chi connectivity index (χ1n) is 14.0. The van der Waals surface area contributed by atoms with E-state index in [1.807, 2.05) is 95.3 Å². The molecular formula is C32H44N2O6. The Morgan fingerprint density at radius 2 is 1.40 bits per heavy atom. The van der Waals surface area contributed by atoms with Crippen molar-refractivity contribution in [3.05, 3.63) is 71.8 Å². The quantitative estimate of drug-likeness (QED) is 0.425. The monoisotopic (exact) mass is 552 g/mol. The maximum Gasteiger partial charge on any atom is 0.410 e. The van der Waals surface area contributed by atoms with E-state index in [2.05, 4.69) is 0 Å². The Morgan fingerprint density at radius 1 is 0.850 bits per heavy atom. The summed E-state index contributed by atoms with van der Waals surface area (Å²) in [5.74, 6) is 0.0985. The van der Waals surface area contributed by atoms with Gasteiger partial charge in [0, 0.05) is 42.6 Å². The van der Waals surface area contributed by atoms with Crippen molar-refractivity contribution in [2.45, 2.75) is 72.0 Å². The van der Waals surface area contributed by atoms with Gasteiger partial charge in [0.05, 0.1) is 6.10 Å². The minimum atomic E-state index is -0.902. The lowest BCUT2D eigenvalue weighted by molar-refractivity contribution is -0.0164. The number of ether oxygens (including phenoxy) is 1. The zero-order valence-corrected chi connectivity index (χ0v) is 24.4. The summed E-state index contributed by atoms with van der Waals surface area (Å²) >= 11 is 0. The lowest BCUT2D eigenvalue weighted by Crippen LogP contribution is -2.49. The van der Waals surface area contributed by atoms with E-state index in [-0.39, 0.29) is 11.9 Å². The highest BCUT2D eigenvalue weighted by Gasteiger charge is 2.41. The van der Waals surface area contributed by atoms with Crippen molar-refractivity contribution in [1.82, 2.24) is 9.80 Å². The van der Waals surface area contributed by atoms with Crippen LogP contribution in [-0.4, -0.2) is 69.8 Å². The molecule has 0 radical (unpaired) electrons. The van der Waals surface area contributed by atoms with E-state index >= 15 is 0 Å². The molecule has 0 aromatic heterocycles. The average Bonchev–Trinajstić information content (AvgIpc) is 2.92. The number of piperidine rings is 2. The van der Waals surface area contributed by atoms with Crippen molar-refractivity contribution >= 4 is 18.0 Å². The lowest BCUT2D eigenvalue weighted by atomic mass is 9.74. The van der Waals surface area contributed by atoms with Gasteiger partial charge in [0.15, 0.2) is 5.78 Å². The molecule has 2 aromatic carbocycles. The first-order valence-corrected chi connectivity index (χ1v) is 14.0. The smallest absolute Gasteiger partial charge is 0.410 e. The average molecular weight is 553 g/mol. The fourth-order valence-corrected chi connectivity index (χ4v) is 5.54. The maximum atomic E-state index is 12.8. The van der Waals surface area contributed by atoms with Crippen LogP contribution in [-0.2, 0) is 4.74 Å². The Kier molecular flexibility index (Phi) is 10.0. The number of carboxylic acid groups (broad SMARTS) is 1. The summed E-state index contributed by atoms with van der Waals surface area (Å²) in [4.78, 5) is 39.2. The normalized spacial score (nSPS) is 23.9. The zero-order valence-electron chi connectivity index (χ0n) is 24.4. The largest absolute Gasteiger partial charge is 0.465 e. The van der Waals surface area contributed by atoms with Crippen LogP contribution in [0, 0.1) is 10.8 Å². The molecule has 2 heterocycles. The number of hydrogen-bond acceptors (Lipinski definition) is 5. The number of hydrogen-bond donors (Lipinski definition) is 2. The molecule has 2 aliphatic rings. The number of amides is 2. The van der Waals surface area contributed by atoms with Crippen LogP contribution in [0.3, 0.4) is 0 Å². The van der Waals surface area contributed by atoms with Crippen LogP contribution in [0.1, 0.15) is 82.3 Å². The second-order valence-electron chi connectivity index (χ2n) is 12.5. The number of carbonyl (C=O) groups is 3. The van der Waals surface area contributed by atoms with Gasteiger partial charge in [-0.05, 0) is 52.0 Å². The number of aliphatic hydroxyl groups is 1. The predicted molar refractivity (Wildman–Crippen MR) is 154 cm³/mol. The summed E-state index contributed by atoms with van der Waals surface area (Å²) in [7, 11) is 0. The highest BCUT2D eigenvalue weighted by Crippen LogP contribution is 2.41. The molecule has 4 rings (SSSR count). The van der Waals surface area contributed by atoms with Crippen molar-refractivity contribution in [2.75, 3.05) is 26.2 Å². The maximum absolute atomic E-state index is 12.8. The van der Waals surface area contributed by atoms with E-state index in [1.54, 1.807) is 4.90 Å². The van der Waals surface area contributed by atoms with E-state index in [1.165, 1.54) is 4.90 Å². The van der Waals surface area contributed by atoms with E-state index in [0.29, 0.717) is 31.7 Å². The molecule has 2 aliphatic heterocycles. The van der Waals surface area contributed by atoms with E-state index in [9.17, 15) is 19.5 Å². The van der Waals surface area contributed by atoms with Gasteiger partial charge >= 0.3 is 12.2 Å². The lowest BCUT2D eigenvalue weighted by Gasteiger charge is -2.42. The number of nitrogens with zero attached hydrogens (tertiary/aromatic N) is 2. The van der Waals surface area contributed by atoms with Crippen LogP contribution in [0.25, 0.3) is 0 Å². The SMILES string of the molecule is CC(C)(C)OC(=O)N1CCCC(C)(C(=O)c2ccccc2)C1.CC1(C(O)c2ccccc2)CCCN(C(=O)O)C1. The molecule has 218 valence electrons. The van der Waals surface area contributed by atoms with E-state index in [4.69, 9.17) is 9.84 Å². The molecular weight excluding hydrogens is 508 g/mol. The van der Waals surface area contributed by atoms with Crippen LogP contribution in [0.5, 0.6) is 0 Å². The highest BCUT2D eigenvalue weighted by atomic mass is 16.6. The van der Waals surface area contributed by atoms with Gasteiger partial charge in [-0.15, -0.1) is 0 Å². The van der Waals surface area contributed by atoms with Gasteiger partial charge in [-0.1, -0.05) is 74.5 Å². The fourth-order valence-electron chi connectivity index (χ4n) is 5.54. The minimum Gasteiger partial charge on any atom is -0.465 e. The van der Waals surface area contributed by atoms with Gasteiger partial charge in [0.2, 0.25) is 0 Å². The molecule has 2 fully saturated rings. The third kappa shape index (κ3) is 8.07. The predicted octanol–water partition coefficient (Wildman–Crippen LogP) is 6.41. The second kappa shape index (κ2) is 12.9. The van der Waals surface area contributed by atoms with Gasteiger partial charge in [0.25, 0.3) is 0 Å². The van der Waals surface area contributed by atoms with Crippen LogP contribution < -0.4 is 0 Å². The van der Waals surface area contributed by atoms with Gasteiger partial charge in [0.1, 0.15) is 5.60 Å². The molecule has 0 aliphatic carbocycles. The standard InChI is InChI=1S/C18H25NO3.C14H19NO3/c1-17(2,3)22-16(21)19-12-8-11-18(4,13-19)15(20)14-9-6-5-7-10-14;1-14(8-5-9-15(10-14)13(17)18)12(16)11-6-3-2-4-7-11/h5-7,9-10H,8,11-13H2,1-4H3;2-4,6-7,12,16H,5,8-10H2,1H3,(H,17,18). The number of rotatable bonds is 4. The molecule has 0 spiro atoms. The number of Topliss-reactive ketones (excluding diaryl/α,β-unsaturated/α-hetero) is 1. The Bertz CT molecular complexity index is 1150. The molecule has 2 amide bonds. The Labute approximate surface area is 237 Å². The van der Waals surface area contributed by atoms with Crippen molar-refractivity contribution < 1.29 is 29.3 Å². The summed E-state index contributed by atoms with van der Waals surface area (Å²) in [6.07, 6.45) is 1.38. The zero-order chi connectivity index (χ0) is 29.6. The highest BCUT2D eigenvalue weighted by molar-refractivity contribution is 6.00. The Hall–Kier alpha value is -3.39. The third-order valence-corrected chi connectivity index (χ3v) is 7.71. The van der Waals surface area contributed by atoms with Crippen molar-refractivity contribution in [3.63, 3.8) is 0 Å².